The van der Waals surface area contributed by atoms with Crippen LogP contribution in [0.1, 0.15) is 38.3 Å². The van der Waals surface area contributed by atoms with Crippen molar-refractivity contribution in [1.82, 2.24) is 20.9 Å². The van der Waals surface area contributed by atoms with E-state index in [4.69, 9.17) is 4.74 Å². The van der Waals surface area contributed by atoms with Gasteiger partial charge in [-0.3, -0.25) is 14.4 Å². The van der Waals surface area contributed by atoms with Gasteiger partial charge >= 0.3 is 0 Å². The number of nitrogens with one attached hydrogen (secondary N) is 3. The van der Waals surface area contributed by atoms with Crippen molar-refractivity contribution in [3.05, 3.63) is 65.5 Å². The van der Waals surface area contributed by atoms with Crippen molar-refractivity contribution in [2.75, 3.05) is 20.1 Å². The third-order valence-electron chi connectivity index (χ3n) is 6.60. The van der Waals surface area contributed by atoms with E-state index in [1.165, 1.54) is 17.0 Å². The molecule has 3 amide bonds. The molecule has 0 radical (unpaired) electrons. The van der Waals surface area contributed by atoms with Crippen LogP contribution in [-0.2, 0) is 27.2 Å². The SMILES string of the molecule is C[C@@H]1CN[C@@H](C)C(=O)N(C)[C@H](C)C(=O)N[C@H](Cc2ccc(F)cc2)C(=O)NCCCc2ccccc2O1. The van der Waals surface area contributed by atoms with E-state index in [2.05, 4.69) is 16.0 Å². The predicted molar refractivity (Wildman–Crippen MR) is 140 cm³/mol. The lowest BCUT2D eigenvalue weighted by atomic mass is 10.0. The highest BCUT2D eigenvalue weighted by Gasteiger charge is 2.29. The van der Waals surface area contributed by atoms with Crippen LogP contribution in [0.25, 0.3) is 0 Å². The summed E-state index contributed by atoms with van der Waals surface area (Å²) in [4.78, 5) is 40.5. The van der Waals surface area contributed by atoms with Gasteiger partial charge in [0.1, 0.15) is 29.8 Å². The normalized spacial score (nSPS) is 24.7. The fraction of sp³-hybridized carbons (Fsp3) is 0.464. The van der Waals surface area contributed by atoms with Crippen LogP contribution in [0.15, 0.2) is 48.5 Å². The number of carbonyl (C=O) groups excluding carboxylic acids is 3. The van der Waals surface area contributed by atoms with E-state index in [1.807, 2.05) is 31.2 Å². The molecule has 1 aliphatic rings. The monoisotopic (exact) mass is 512 g/mol. The zero-order chi connectivity index (χ0) is 26.9. The van der Waals surface area contributed by atoms with Crippen LogP contribution in [0.5, 0.6) is 5.75 Å². The summed E-state index contributed by atoms with van der Waals surface area (Å²) in [6.45, 7) is 6.15. The number of hydrogen-bond acceptors (Lipinski definition) is 5. The molecule has 0 spiro atoms. The molecule has 4 atom stereocenters. The molecule has 0 bridgehead atoms. The molecule has 3 rings (SSSR count). The van der Waals surface area contributed by atoms with Crippen LogP contribution in [0.3, 0.4) is 0 Å². The van der Waals surface area contributed by atoms with Crippen molar-refractivity contribution in [2.45, 2.75) is 64.3 Å². The van der Waals surface area contributed by atoms with Crippen LogP contribution >= 0.6 is 0 Å². The first-order valence-electron chi connectivity index (χ1n) is 12.7. The Morgan fingerprint density at radius 3 is 2.43 bits per heavy atom. The summed E-state index contributed by atoms with van der Waals surface area (Å²) >= 11 is 0. The van der Waals surface area contributed by atoms with E-state index >= 15 is 0 Å². The van der Waals surface area contributed by atoms with E-state index in [0.717, 1.165) is 11.3 Å². The second-order valence-corrected chi connectivity index (χ2v) is 9.58. The second-order valence-electron chi connectivity index (χ2n) is 9.58. The van der Waals surface area contributed by atoms with Crippen molar-refractivity contribution in [2.24, 2.45) is 0 Å². The van der Waals surface area contributed by atoms with E-state index in [9.17, 15) is 18.8 Å². The van der Waals surface area contributed by atoms with Crippen LogP contribution in [0, 0.1) is 5.82 Å². The van der Waals surface area contributed by atoms with Gasteiger partial charge in [-0.25, -0.2) is 4.39 Å². The molecular weight excluding hydrogens is 475 g/mol. The predicted octanol–water partition coefficient (Wildman–Crippen LogP) is 2.21. The topological polar surface area (TPSA) is 99.8 Å². The molecule has 0 fully saturated rings. The molecular formula is C28H37FN4O4. The number of nitrogens with zero attached hydrogens (tertiary/aromatic N) is 1. The minimum atomic E-state index is -0.880. The first-order chi connectivity index (χ1) is 17.7. The number of rotatable bonds is 2. The first kappa shape index (κ1) is 28.1. The molecule has 200 valence electrons. The van der Waals surface area contributed by atoms with Gasteiger partial charge in [-0.15, -0.1) is 0 Å². The highest BCUT2D eigenvalue weighted by atomic mass is 19.1. The number of fused-ring (bicyclic) bond motifs is 1. The van der Waals surface area contributed by atoms with Gasteiger partial charge < -0.3 is 25.6 Å². The zero-order valence-electron chi connectivity index (χ0n) is 21.9. The summed E-state index contributed by atoms with van der Waals surface area (Å²) in [5, 5.41) is 8.90. The first-order valence-corrected chi connectivity index (χ1v) is 12.7. The Morgan fingerprint density at radius 1 is 1.00 bits per heavy atom. The lowest BCUT2D eigenvalue weighted by Crippen LogP contribution is -2.56. The molecule has 2 aromatic carbocycles. The summed E-state index contributed by atoms with van der Waals surface area (Å²) in [7, 11) is 1.56. The number of benzene rings is 2. The number of ether oxygens (including phenoxy) is 1. The minimum absolute atomic E-state index is 0.187. The molecule has 37 heavy (non-hydrogen) atoms. The summed E-state index contributed by atoms with van der Waals surface area (Å²) < 4.78 is 19.5. The molecule has 0 aromatic heterocycles. The van der Waals surface area contributed by atoms with Crippen molar-refractivity contribution >= 4 is 17.7 Å². The second kappa shape index (κ2) is 13.2. The molecule has 0 unspecified atom stereocenters. The molecule has 9 heteroatoms. The van der Waals surface area contributed by atoms with Crippen molar-refractivity contribution in [1.29, 1.82) is 0 Å². The van der Waals surface area contributed by atoms with Gasteiger partial charge in [0.2, 0.25) is 17.7 Å². The van der Waals surface area contributed by atoms with E-state index in [-0.39, 0.29) is 30.2 Å². The van der Waals surface area contributed by atoms with Crippen LogP contribution in [-0.4, -0.2) is 67.0 Å². The van der Waals surface area contributed by atoms with Crippen LogP contribution in [0.2, 0.25) is 0 Å². The number of amides is 3. The third kappa shape index (κ3) is 8.01. The van der Waals surface area contributed by atoms with Crippen LogP contribution < -0.4 is 20.7 Å². The molecule has 0 aliphatic carbocycles. The number of hydrogen-bond donors (Lipinski definition) is 3. The third-order valence-corrected chi connectivity index (χ3v) is 6.60. The van der Waals surface area contributed by atoms with Gasteiger partial charge in [-0.05, 0) is 62.9 Å². The highest BCUT2D eigenvalue weighted by Crippen LogP contribution is 2.21. The summed E-state index contributed by atoms with van der Waals surface area (Å²) in [5.41, 5.74) is 1.73. The fourth-order valence-electron chi connectivity index (χ4n) is 4.16. The van der Waals surface area contributed by atoms with Gasteiger partial charge in [-0.2, -0.15) is 0 Å². The van der Waals surface area contributed by atoms with Crippen molar-refractivity contribution in [3.8, 4) is 5.75 Å². The summed E-state index contributed by atoms with van der Waals surface area (Å²) in [5.74, 6) is -0.645. The van der Waals surface area contributed by atoms with E-state index in [0.29, 0.717) is 31.5 Å². The number of likely N-dealkylation sites (N-methyl/N-ethyl adjacent to an activating group) is 1. The number of para-hydroxylation sites is 1. The van der Waals surface area contributed by atoms with Crippen molar-refractivity contribution < 1.29 is 23.5 Å². The minimum Gasteiger partial charge on any atom is -0.489 e. The molecule has 1 aliphatic heterocycles. The largest absolute Gasteiger partial charge is 0.489 e. The van der Waals surface area contributed by atoms with Crippen molar-refractivity contribution in [3.63, 3.8) is 0 Å². The number of aryl methyl sites for hydroxylation is 1. The smallest absolute Gasteiger partial charge is 0.243 e. The molecule has 2 aromatic rings. The standard InChI is InChI=1S/C28H37FN4O4/c1-18-17-31-19(2)28(36)33(4)20(3)26(34)32-24(16-21-11-13-23(29)14-12-21)27(35)30-15-7-9-22-8-5-6-10-25(22)37-18/h5-6,8,10-14,18-20,24,31H,7,9,15-17H2,1-4H3,(H,30,35)(H,32,34)/t18-,19+,20-,24-/m1/s1. The average Bonchev–Trinajstić information content (AvgIpc) is 2.89. The molecule has 8 nitrogen and oxygen atoms in total. The van der Waals surface area contributed by atoms with Crippen LogP contribution in [0.4, 0.5) is 4.39 Å². The fourth-order valence-corrected chi connectivity index (χ4v) is 4.16. The summed E-state index contributed by atoms with van der Waals surface area (Å²) in [6.07, 6.45) is 1.38. The maximum absolute atomic E-state index is 13.4. The van der Waals surface area contributed by atoms with Gasteiger partial charge in [0.05, 0.1) is 6.04 Å². The molecule has 1 heterocycles. The van der Waals surface area contributed by atoms with Gasteiger partial charge in [0.15, 0.2) is 0 Å². The Morgan fingerprint density at radius 2 is 1.70 bits per heavy atom. The Bertz CT molecular complexity index is 1080. The lowest BCUT2D eigenvalue weighted by Gasteiger charge is -2.29. The summed E-state index contributed by atoms with van der Waals surface area (Å²) in [6, 6.07) is 11.4. The maximum atomic E-state index is 13.4. The van der Waals surface area contributed by atoms with E-state index < -0.39 is 24.0 Å². The highest BCUT2D eigenvalue weighted by molar-refractivity contribution is 5.92. The Hall–Kier alpha value is -3.46. The Labute approximate surface area is 217 Å². The Balaban J connectivity index is 1.82. The molecule has 0 saturated carbocycles. The molecule has 0 saturated heterocycles. The molecule has 3 N–H and O–H groups in total. The Kier molecular flexibility index (Phi) is 10.0. The van der Waals surface area contributed by atoms with Gasteiger partial charge in [-0.1, -0.05) is 30.3 Å². The number of carbonyl (C=O) groups is 3. The quantitative estimate of drug-likeness (QED) is 0.573. The van der Waals surface area contributed by atoms with Gasteiger partial charge in [0, 0.05) is 26.6 Å². The average molecular weight is 513 g/mol. The number of halogens is 1. The lowest BCUT2D eigenvalue weighted by molar-refractivity contribution is -0.140. The van der Waals surface area contributed by atoms with E-state index in [1.54, 1.807) is 33.0 Å². The zero-order valence-corrected chi connectivity index (χ0v) is 21.9. The maximum Gasteiger partial charge on any atom is 0.243 e. The van der Waals surface area contributed by atoms with Gasteiger partial charge in [0.25, 0.3) is 0 Å².